The fraction of sp³-hybridized carbons (Fsp3) is 0.143. The lowest BCUT2D eigenvalue weighted by molar-refractivity contribution is 0.120. The zero-order chi connectivity index (χ0) is 12.1. The Labute approximate surface area is 101 Å². The molecule has 0 fully saturated rings. The van der Waals surface area contributed by atoms with Gasteiger partial charge in [-0.2, -0.15) is 0 Å². The van der Waals surface area contributed by atoms with Gasteiger partial charge in [-0.3, -0.25) is 0 Å². The molecular formula is C14H15NO2. The number of anilines is 1. The highest BCUT2D eigenvalue weighted by Crippen LogP contribution is 2.16. The average molecular weight is 229 g/mol. The van der Waals surface area contributed by atoms with Crippen LogP contribution in [0.4, 0.5) is 5.69 Å². The van der Waals surface area contributed by atoms with E-state index in [9.17, 15) is 0 Å². The van der Waals surface area contributed by atoms with E-state index in [0.717, 1.165) is 11.3 Å². The molecule has 0 atom stereocenters. The van der Waals surface area contributed by atoms with Crippen molar-refractivity contribution in [3.8, 4) is 11.5 Å². The van der Waals surface area contributed by atoms with Gasteiger partial charge in [-0.25, -0.2) is 0 Å². The van der Waals surface area contributed by atoms with Gasteiger partial charge in [0.2, 0.25) is 6.79 Å². The van der Waals surface area contributed by atoms with Crippen LogP contribution in [0.15, 0.2) is 48.5 Å². The molecule has 0 aliphatic carbocycles. The fourth-order valence-electron chi connectivity index (χ4n) is 1.48. The Morgan fingerprint density at radius 3 is 2.24 bits per heavy atom. The summed E-state index contributed by atoms with van der Waals surface area (Å²) in [6, 6.07) is 15.1. The summed E-state index contributed by atoms with van der Waals surface area (Å²) < 4.78 is 10.9. The van der Waals surface area contributed by atoms with Crippen LogP contribution in [0.5, 0.6) is 11.5 Å². The van der Waals surface area contributed by atoms with E-state index in [1.165, 1.54) is 0 Å². The van der Waals surface area contributed by atoms with E-state index in [-0.39, 0.29) is 6.79 Å². The summed E-state index contributed by atoms with van der Waals surface area (Å²) in [5, 5.41) is 0. The molecule has 0 radical (unpaired) electrons. The molecule has 0 saturated carbocycles. The Bertz CT molecular complexity index is 452. The standard InChI is InChI=1S/C14H15NO2/c1-11-4-2-6-13(8-11)16-10-17-14-7-3-5-12(15)9-14/h2-9H,10,15H2,1H3. The molecule has 0 heterocycles. The summed E-state index contributed by atoms with van der Waals surface area (Å²) in [5.74, 6) is 1.51. The zero-order valence-electron chi connectivity index (χ0n) is 9.72. The number of nitrogens with two attached hydrogens (primary N) is 1. The normalized spacial score (nSPS) is 9.94. The fourth-order valence-corrected chi connectivity index (χ4v) is 1.48. The maximum atomic E-state index is 5.64. The van der Waals surface area contributed by atoms with Gasteiger partial charge in [-0.1, -0.05) is 18.2 Å². The highest BCUT2D eigenvalue weighted by molar-refractivity contribution is 5.43. The minimum atomic E-state index is 0.174. The number of ether oxygens (including phenoxy) is 2. The Kier molecular flexibility index (Phi) is 3.50. The molecule has 17 heavy (non-hydrogen) atoms. The number of hydrogen-bond donors (Lipinski definition) is 1. The summed E-state index contributed by atoms with van der Waals surface area (Å²) in [4.78, 5) is 0. The van der Waals surface area contributed by atoms with Gasteiger partial charge < -0.3 is 15.2 Å². The third-order valence-corrected chi connectivity index (χ3v) is 2.30. The van der Waals surface area contributed by atoms with Crippen molar-refractivity contribution < 1.29 is 9.47 Å². The van der Waals surface area contributed by atoms with Crippen LogP contribution in [0.3, 0.4) is 0 Å². The van der Waals surface area contributed by atoms with E-state index in [2.05, 4.69) is 0 Å². The first-order chi connectivity index (χ1) is 8.24. The predicted molar refractivity (Wildman–Crippen MR) is 68.2 cm³/mol. The molecule has 3 heteroatoms. The SMILES string of the molecule is Cc1cccc(OCOc2cccc(N)c2)c1. The lowest BCUT2D eigenvalue weighted by Gasteiger charge is -2.09. The second-order valence-corrected chi connectivity index (χ2v) is 3.80. The topological polar surface area (TPSA) is 44.5 Å². The van der Waals surface area contributed by atoms with Gasteiger partial charge in [0.25, 0.3) is 0 Å². The van der Waals surface area contributed by atoms with Gasteiger partial charge in [0.05, 0.1) is 0 Å². The van der Waals surface area contributed by atoms with Crippen molar-refractivity contribution in [3.63, 3.8) is 0 Å². The number of hydrogen-bond acceptors (Lipinski definition) is 3. The first-order valence-corrected chi connectivity index (χ1v) is 5.42. The molecule has 0 bridgehead atoms. The van der Waals surface area contributed by atoms with Crippen molar-refractivity contribution in [2.45, 2.75) is 6.92 Å². The third-order valence-electron chi connectivity index (χ3n) is 2.30. The van der Waals surface area contributed by atoms with Crippen LogP contribution in [-0.4, -0.2) is 6.79 Å². The molecule has 0 aliphatic rings. The Morgan fingerprint density at radius 2 is 1.59 bits per heavy atom. The molecule has 2 aromatic rings. The van der Waals surface area contributed by atoms with Gasteiger partial charge in [0.1, 0.15) is 11.5 Å². The highest BCUT2D eigenvalue weighted by Gasteiger charge is 1.96. The van der Waals surface area contributed by atoms with E-state index in [0.29, 0.717) is 11.4 Å². The molecule has 2 rings (SSSR count). The number of nitrogen functional groups attached to an aromatic ring is 1. The summed E-state index contributed by atoms with van der Waals surface area (Å²) in [5.41, 5.74) is 7.48. The smallest absolute Gasteiger partial charge is 0.230 e. The second kappa shape index (κ2) is 5.25. The van der Waals surface area contributed by atoms with Crippen molar-refractivity contribution in [2.75, 3.05) is 12.5 Å². The molecule has 0 unspecified atom stereocenters. The summed E-state index contributed by atoms with van der Waals surface area (Å²) in [7, 11) is 0. The molecule has 0 amide bonds. The minimum Gasteiger partial charge on any atom is -0.457 e. The first-order valence-electron chi connectivity index (χ1n) is 5.42. The lowest BCUT2D eigenvalue weighted by atomic mass is 10.2. The van der Waals surface area contributed by atoms with Crippen LogP contribution in [0, 0.1) is 6.92 Å². The Morgan fingerprint density at radius 1 is 0.941 bits per heavy atom. The molecule has 0 aliphatic heterocycles. The molecule has 88 valence electrons. The maximum absolute atomic E-state index is 5.64. The van der Waals surface area contributed by atoms with Crippen LogP contribution >= 0.6 is 0 Å². The van der Waals surface area contributed by atoms with E-state index >= 15 is 0 Å². The van der Waals surface area contributed by atoms with Gasteiger partial charge in [0, 0.05) is 11.8 Å². The quantitative estimate of drug-likeness (QED) is 0.647. The molecule has 3 nitrogen and oxygen atoms in total. The monoisotopic (exact) mass is 229 g/mol. The number of rotatable bonds is 4. The van der Waals surface area contributed by atoms with E-state index < -0.39 is 0 Å². The third kappa shape index (κ3) is 3.41. The van der Waals surface area contributed by atoms with Gasteiger partial charge in [0.15, 0.2) is 0 Å². The van der Waals surface area contributed by atoms with Crippen LogP contribution in [0.1, 0.15) is 5.56 Å². The molecule has 0 aromatic heterocycles. The van der Waals surface area contributed by atoms with E-state index in [4.69, 9.17) is 15.2 Å². The largest absolute Gasteiger partial charge is 0.457 e. The second-order valence-electron chi connectivity index (χ2n) is 3.80. The highest BCUT2D eigenvalue weighted by atomic mass is 16.7. The first kappa shape index (κ1) is 11.3. The Hall–Kier alpha value is -2.16. The van der Waals surface area contributed by atoms with Crippen molar-refractivity contribution >= 4 is 5.69 Å². The molecule has 0 saturated heterocycles. The lowest BCUT2D eigenvalue weighted by Crippen LogP contribution is -2.05. The Balaban J connectivity index is 1.87. The molecular weight excluding hydrogens is 214 g/mol. The van der Waals surface area contributed by atoms with Crippen molar-refractivity contribution in [1.29, 1.82) is 0 Å². The molecule has 2 N–H and O–H groups in total. The minimum absolute atomic E-state index is 0.174. The molecule has 2 aromatic carbocycles. The van der Waals surface area contributed by atoms with E-state index in [1.54, 1.807) is 6.07 Å². The van der Waals surface area contributed by atoms with Crippen molar-refractivity contribution in [1.82, 2.24) is 0 Å². The van der Waals surface area contributed by atoms with E-state index in [1.807, 2.05) is 49.4 Å². The zero-order valence-corrected chi connectivity index (χ0v) is 9.72. The van der Waals surface area contributed by atoms with Crippen molar-refractivity contribution in [2.24, 2.45) is 0 Å². The van der Waals surface area contributed by atoms with Gasteiger partial charge >= 0.3 is 0 Å². The van der Waals surface area contributed by atoms with Crippen LogP contribution in [0.2, 0.25) is 0 Å². The van der Waals surface area contributed by atoms with Gasteiger partial charge in [-0.05, 0) is 36.8 Å². The van der Waals surface area contributed by atoms with Crippen molar-refractivity contribution in [3.05, 3.63) is 54.1 Å². The number of aryl methyl sites for hydroxylation is 1. The average Bonchev–Trinajstić information content (AvgIpc) is 2.29. The van der Waals surface area contributed by atoms with Crippen LogP contribution < -0.4 is 15.2 Å². The summed E-state index contributed by atoms with van der Waals surface area (Å²) >= 11 is 0. The summed E-state index contributed by atoms with van der Waals surface area (Å²) in [6.45, 7) is 2.19. The molecule has 0 spiro atoms. The van der Waals surface area contributed by atoms with Crippen LogP contribution in [-0.2, 0) is 0 Å². The summed E-state index contributed by atoms with van der Waals surface area (Å²) in [6.07, 6.45) is 0. The number of benzene rings is 2. The predicted octanol–water partition coefficient (Wildman–Crippen LogP) is 2.99. The maximum Gasteiger partial charge on any atom is 0.230 e. The van der Waals surface area contributed by atoms with Crippen LogP contribution in [0.25, 0.3) is 0 Å². The van der Waals surface area contributed by atoms with Gasteiger partial charge in [-0.15, -0.1) is 0 Å².